The molecule has 2 heterocycles. The van der Waals surface area contributed by atoms with Gasteiger partial charge in [0, 0.05) is 37.5 Å². The Labute approximate surface area is 142 Å². The molecule has 0 radical (unpaired) electrons. The van der Waals surface area contributed by atoms with Gasteiger partial charge < -0.3 is 14.6 Å². The van der Waals surface area contributed by atoms with Crippen LogP contribution >= 0.6 is 0 Å². The Morgan fingerprint density at radius 3 is 2.88 bits per heavy atom. The number of carboxylic acids is 1. The number of fused-ring (bicyclic) bond motifs is 1. The predicted octanol–water partition coefficient (Wildman–Crippen LogP) is 1.64. The summed E-state index contributed by atoms with van der Waals surface area (Å²) in [7, 11) is 1.79. The van der Waals surface area contributed by atoms with Crippen LogP contribution in [0.3, 0.4) is 0 Å². The number of rotatable bonds is 6. The maximum absolute atomic E-state index is 10.8. The minimum absolute atomic E-state index is 0.0125. The molecular weight excluding hydrogens is 310 g/mol. The van der Waals surface area contributed by atoms with Gasteiger partial charge in [0.05, 0.1) is 17.4 Å². The van der Waals surface area contributed by atoms with Gasteiger partial charge in [-0.1, -0.05) is 0 Å². The number of carboxylic acid groups (broad SMARTS) is 1. The number of carbonyl (C=O) groups is 1. The Kier molecular flexibility index (Phi) is 4.94. The third kappa shape index (κ3) is 3.20. The fraction of sp³-hybridized carbons (Fsp3) is 0.765. The monoisotopic (exact) mass is 337 g/mol. The highest BCUT2D eigenvalue weighted by molar-refractivity contribution is 5.68. The van der Waals surface area contributed by atoms with Crippen molar-refractivity contribution in [2.45, 2.75) is 63.8 Å². The van der Waals surface area contributed by atoms with Crippen molar-refractivity contribution >= 4 is 5.97 Å². The minimum Gasteiger partial charge on any atom is -0.480 e. The van der Waals surface area contributed by atoms with Crippen molar-refractivity contribution in [2.75, 3.05) is 20.3 Å². The van der Waals surface area contributed by atoms with Gasteiger partial charge in [0.2, 0.25) is 0 Å². The fourth-order valence-corrected chi connectivity index (χ4v) is 4.30. The van der Waals surface area contributed by atoms with Crippen LogP contribution in [0, 0.1) is 13.8 Å². The quantitative estimate of drug-likeness (QED) is 0.820. The van der Waals surface area contributed by atoms with Crippen molar-refractivity contribution in [3.8, 4) is 0 Å². The van der Waals surface area contributed by atoms with Crippen LogP contribution in [0.1, 0.15) is 42.6 Å². The topological polar surface area (TPSA) is 87.7 Å². The van der Waals surface area contributed by atoms with Crippen molar-refractivity contribution < 1.29 is 19.4 Å². The van der Waals surface area contributed by atoms with E-state index in [2.05, 4.69) is 22.0 Å². The lowest BCUT2D eigenvalue weighted by Crippen LogP contribution is -2.51. The van der Waals surface area contributed by atoms with E-state index in [4.69, 9.17) is 14.6 Å². The number of methoxy groups -OCH3 is 1. The first-order valence-electron chi connectivity index (χ1n) is 8.58. The third-order valence-electron chi connectivity index (χ3n) is 5.74. The zero-order valence-electron chi connectivity index (χ0n) is 14.7. The van der Waals surface area contributed by atoms with Crippen LogP contribution in [-0.4, -0.2) is 64.2 Å². The molecule has 1 aliphatic carbocycles. The van der Waals surface area contributed by atoms with Gasteiger partial charge in [0.1, 0.15) is 6.61 Å². The van der Waals surface area contributed by atoms with Crippen LogP contribution in [0.5, 0.6) is 0 Å². The van der Waals surface area contributed by atoms with Crippen molar-refractivity contribution in [1.82, 2.24) is 15.1 Å². The highest BCUT2D eigenvalue weighted by Gasteiger charge is 2.51. The maximum Gasteiger partial charge on any atom is 0.329 e. The van der Waals surface area contributed by atoms with E-state index in [1.54, 1.807) is 7.11 Å². The molecule has 0 amide bonds. The number of H-pyrrole nitrogens is 1. The number of hydrogen-bond donors (Lipinski definition) is 2. The van der Waals surface area contributed by atoms with E-state index in [1.807, 2.05) is 6.92 Å². The van der Waals surface area contributed by atoms with E-state index in [0.29, 0.717) is 0 Å². The number of nitrogens with zero attached hydrogens (tertiary/aromatic N) is 2. The van der Waals surface area contributed by atoms with Crippen LogP contribution in [0.4, 0.5) is 0 Å². The highest BCUT2D eigenvalue weighted by Crippen LogP contribution is 2.43. The molecule has 2 aliphatic rings. The van der Waals surface area contributed by atoms with Crippen molar-refractivity contribution in [2.24, 2.45) is 0 Å². The summed E-state index contributed by atoms with van der Waals surface area (Å²) >= 11 is 0. The number of hydrogen-bond acceptors (Lipinski definition) is 5. The maximum atomic E-state index is 10.8. The highest BCUT2D eigenvalue weighted by atomic mass is 16.5. The van der Waals surface area contributed by atoms with Crippen LogP contribution in [0.25, 0.3) is 0 Å². The number of ether oxygens (including phenoxy) is 2. The SMILES string of the molecule is CO[C@]12CC[C@@H](OCC(=O)O)C[C@H]1N(Cc1c(C)n[nH]c1C)CC2. The molecule has 2 fully saturated rings. The van der Waals surface area contributed by atoms with Gasteiger partial charge in [0.15, 0.2) is 0 Å². The van der Waals surface area contributed by atoms with Gasteiger partial charge in [-0.2, -0.15) is 5.10 Å². The number of nitrogens with one attached hydrogen (secondary N) is 1. The molecule has 1 saturated carbocycles. The van der Waals surface area contributed by atoms with Gasteiger partial charge >= 0.3 is 5.97 Å². The second-order valence-electron chi connectivity index (χ2n) is 7.02. The summed E-state index contributed by atoms with van der Waals surface area (Å²) in [5.74, 6) is -0.911. The van der Waals surface area contributed by atoms with Crippen LogP contribution < -0.4 is 0 Å². The lowest BCUT2D eigenvalue weighted by atomic mass is 9.79. The molecule has 1 aromatic rings. The standard InChI is InChI=1S/C17H27N3O4/c1-11-14(12(2)19-18-11)9-20-7-6-17(23-3)5-4-13(8-15(17)20)24-10-16(21)22/h13,15H,4-10H2,1-3H3,(H,18,19)(H,21,22)/t13-,15-,17+/m1/s1. The molecule has 7 nitrogen and oxygen atoms in total. The molecule has 1 aromatic heterocycles. The Bertz CT molecular complexity index is 583. The van der Waals surface area contributed by atoms with Crippen LogP contribution in [-0.2, 0) is 20.8 Å². The Hall–Kier alpha value is -1.44. The summed E-state index contributed by atoms with van der Waals surface area (Å²) in [5.41, 5.74) is 3.26. The molecule has 24 heavy (non-hydrogen) atoms. The molecule has 0 aromatic carbocycles. The van der Waals surface area contributed by atoms with Gasteiger partial charge in [0.25, 0.3) is 0 Å². The second-order valence-corrected chi connectivity index (χ2v) is 7.02. The van der Waals surface area contributed by atoms with E-state index < -0.39 is 5.97 Å². The summed E-state index contributed by atoms with van der Waals surface area (Å²) in [5, 5.41) is 16.2. The fourth-order valence-electron chi connectivity index (χ4n) is 4.30. The predicted molar refractivity (Wildman–Crippen MR) is 87.8 cm³/mol. The molecular formula is C17H27N3O4. The number of aromatic amines is 1. The summed E-state index contributed by atoms with van der Waals surface area (Å²) < 4.78 is 11.5. The van der Waals surface area contributed by atoms with E-state index in [-0.39, 0.29) is 24.4 Å². The molecule has 0 unspecified atom stereocenters. The van der Waals surface area contributed by atoms with Crippen molar-refractivity contribution in [3.63, 3.8) is 0 Å². The number of aromatic nitrogens is 2. The van der Waals surface area contributed by atoms with E-state index in [9.17, 15) is 4.79 Å². The van der Waals surface area contributed by atoms with Gasteiger partial charge in [-0.25, -0.2) is 4.79 Å². The number of likely N-dealkylation sites (tertiary alicyclic amines) is 1. The molecule has 2 N–H and O–H groups in total. The van der Waals surface area contributed by atoms with Gasteiger partial charge in [-0.3, -0.25) is 10.00 Å². The zero-order valence-corrected chi connectivity index (χ0v) is 14.7. The lowest BCUT2D eigenvalue weighted by molar-refractivity contribution is -0.148. The lowest BCUT2D eigenvalue weighted by Gasteiger charge is -2.43. The van der Waals surface area contributed by atoms with E-state index in [0.717, 1.165) is 50.2 Å². The van der Waals surface area contributed by atoms with Crippen molar-refractivity contribution in [3.05, 3.63) is 17.0 Å². The van der Waals surface area contributed by atoms with Crippen LogP contribution in [0.15, 0.2) is 0 Å². The molecule has 3 atom stereocenters. The second kappa shape index (κ2) is 6.82. The first-order chi connectivity index (χ1) is 11.4. The zero-order chi connectivity index (χ0) is 17.3. The van der Waals surface area contributed by atoms with Crippen LogP contribution in [0.2, 0.25) is 0 Å². The Morgan fingerprint density at radius 2 is 2.25 bits per heavy atom. The summed E-state index contributed by atoms with van der Waals surface area (Å²) in [6, 6.07) is 0.253. The normalized spacial score (nSPS) is 30.5. The summed E-state index contributed by atoms with van der Waals surface area (Å²) in [4.78, 5) is 13.2. The van der Waals surface area contributed by atoms with E-state index >= 15 is 0 Å². The molecule has 7 heteroatoms. The van der Waals surface area contributed by atoms with Gasteiger partial charge in [-0.05, 0) is 39.5 Å². The molecule has 0 spiro atoms. The largest absolute Gasteiger partial charge is 0.480 e. The molecule has 3 rings (SSSR count). The first-order valence-corrected chi connectivity index (χ1v) is 8.58. The Morgan fingerprint density at radius 1 is 1.46 bits per heavy atom. The average Bonchev–Trinajstić information content (AvgIpc) is 3.08. The molecule has 134 valence electrons. The third-order valence-corrected chi connectivity index (χ3v) is 5.74. The molecule has 0 bridgehead atoms. The van der Waals surface area contributed by atoms with E-state index in [1.165, 1.54) is 5.56 Å². The Balaban J connectivity index is 1.73. The summed E-state index contributed by atoms with van der Waals surface area (Å²) in [6.45, 7) is 5.67. The number of aliphatic carboxylic acids is 1. The number of aryl methyl sites for hydroxylation is 2. The molecule has 1 saturated heterocycles. The van der Waals surface area contributed by atoms with Crippen molar-refractivity contribution in [1.29, 1.82) is 0 Å². The first kappa shape index (κ1) is 17.4. The average molecular weight is 337 g/mol. The smallest absolute Gasteiger partial charge is 0.329 e. The minimum atomic E-state index is -0.911. The van der Waals surface area contributed by atoms with Gasteiger partial charge in [-0.15, -0.1) is 0 Å². The molecule has 1 aliphatic heterocycles. The summed E-state index contributed by atoms with van der Waals surface area (Å²) in [6.07, 6.45) is 3.59.